The maximum absolute atomic E-state index is 13.1. The highest BCUT2D eigenvalue weighted by Gasteiger charge is 2.23. The minimum absolute atomic E-state index is 0.0897. The number of carbonyl (C=O) groups is 2. The van der Waals surface area contributed by atoms with Crippen molar-refractivity contribution in [1.29, 1.82) is 5.41 Å². The Hall–Kier alpha value is -2.95. The normalized spacial score (nSPS) is 10.8. The van der Waals surface area contributed by atoms with E-state index in [-0.39, 0.29) is 24.8 Å². The third-order valence-corrected chi connectivity index (χ3v) is 5.24. The fourth-order valence-corrected chi connectivity index (χ4v) is 3.37. The fraction of sp³-hybridized carbons (Fsp3) is 0.375. The second-order valence-corrected chi connectivity index (χ2v) is 7.34. The summed E-state index contributed by atoms with van der Waals surface area (Å²) in [6, 6.07) is 15.0. The van der Waals surface area contributed by atoms with E-state index in [0.717, 1.165) is 24.0 Å². The van der Waals surface area contributed by atoms with Gasteiger partial charge in [0, 0.05) is 24.1 Å². The number of aryl methyl sites for hydroxylation is 1. The first-order valence-corrected chi connectivity index (χ1v) is 10.1. The number of carboxylic acid groups (broad SMARTS) is 1. The van der Waals surface area contributed by atoms with E-state index in [1.165, 1.54) is 0 Å². The largest absolute Gasteiger partial charge is 0.481 e. The highest BCUT2D eigenvalue weighted by molar-refractivity contribution is 6.15. The number of benzene rings is 2. The molecule has 154 valence electrons. The zero-order chi connectivity index (χ0) is 21.4. The first-order chi connectivity index (χ1) is 13.9. The van der Waals surface area contributed by atoms with Crippen LogP contribution >= 0.6 is 0 Å². The lowest BCUT2D eigenvalue weighted by molar-refractivity contribution is -0.136. The van der Waals surface area contributed by atoms with Crippen LogP contribution in [0.25, 0.3) is 0 Å². The summed E-state index contributed by atoms with van der Waals surface area (Å²) in [7, 11) is 0. The molecule has 0 aliphatic carbocycles. The lowest BCUT2D eigenvalue weighted by atomic mass is 9.96. The van der Waals surface area contributed by atoms with Crippen molar-refractivity contribution in [1.82, 2.24) is 0 Å². The molecule has 0 fully saturated rings. The Balaban J connectivity index is 2.47. The van der Waals surface area contributed by atoms with Crippen LogP contribution in [-0.4, -0.2) is 29.2 Å². The van der Waals surface area contributed by atoms with Gasteiger partial charge in [0.15, 0.2) is 0 Å². The molecule has 0 spiro atoms. The molecular weight excluding hydrogens is 364 g/mol. The monoisotopic (exact) mass is 394 g/mol. The molecule has 0 saturated carbocycles. The number of rotatable bonds is 10. The Kier molecular flexibility index (Phi) is 8.13. The summed E-state index contributed by atoms with van der Waals surface area (Å²) >= 11 is 0. The van der Waals surface area contributed by atoms with Crippen molar-refractivity contribution in [2.75, 3.05) is 11.4 Å². The maximum Gasteiger partial charge on any atom is 0.305 e. The number of carboxylic acids is 1. The van der Waals surface area contributed by atoms with Crippen LogP contribution in [0.5, 0.6) is 0 Å². The maximum atomic E-state index is 13.1. The van der Waals surface area contributed by atoms with Gasteiger partial charge in [-0.2, -0.15) is 0 Å². The third-order valence-electron chi connectivity index (χ3n) is 5.24. The molecule has 2 N–H and O–H groups in total. The molecule has 0 radical (unpaired) electrons. The van der Waals surface area contributed by atoms with Gasteiger partial charge in [-0.1, -0.05) is 68.7 Å². The lowest BCUT2D eigenvalue weighted by Gasteiger charge is -2.27. The number of hydrogen-bond donors (Lipinski definition) is 2. The number of amides is 1. The van der Waals surface area contributed by atoms with E-state index < -0.39 is 5.97 Å². The van der Waals surface area contributed by atoms with E-state index in [9.17, 15) is 14.7 Å². The second kappa shape index (κ2) is 10.6. The van der Waals surface area contributed by atoms with Crippen LogP contribution in [0.3, 0.4) is 0 Å². The van der Waals surface area contributed by atoms with Gasteiger partial charge in [0.2, 0.25) is 5.91 Å². The predicted octanol–water partition coefficient (Wildman–Crippen LogP) is 5.05. The summed E-state index contributed by atoms with van der Waals surface area (Å²) in [5.74, 6) is -0.777. The van der Waals surface area contributed by atoms with Crippen LogP contribution in [0.15, 0.2) is 48.5 Å². The number of nitrogens with one attached hydrogen (secondary N) is 1. The van der Waals surface area contributed by atoms with Gasteiger partial charge in [-0.25, -0.2) is 0 Å². The zero-order valence-electron chi connectivity index (χ0n) is 17.4. The molecule has 29 heavy (non-hydrogen) atoms. The Morgan fingerprint density at radius 3 is 2.31 bits per heavy atom. The molecule has 2 aromatic rings. The van der Waals surface area contributed by atoms with Crippen molar-refractivity contribution in [2.24, 2.45) is 5.92 Å². The van der Waals surface area contributed by atoms with E-state index in [0.29, 0.717) is 23.4 Å². The summed E-state index contributed by atoms with van der Waals surface area (Å²) in [5, 5.41) is 17.9. The predicted molar refractivity (Wildman–Crippen MR) is 117 cm³/mol. The molecule has 5 nitrogen and oxygen atoms in total. The minimum atomic E-state index is -0.947. The molecule has 0 aromatic heterocycles. The van der Waals surface area contributed by atoms with Crippen molar-refractivity contribution in [3.63, 3.8) is 0 Å². The van der Waals surface area contributed by atoms with E-state index in [1.54, 1.807) is 4.90 Å². The molecule has 2 rings (SSSR count). The third kappa shape index (κ3) is 6.01. The van der Waals surface area contributed by atoms with Crippen LogP contribution in [0.1, 0.15) is 56.2 Å². The first kappa shape index (κ1) is 22.3. The SMILES string of the molecule is CCC(CC)CC(=O)N(CCC(=O)O)c1ccc(C)cc1C(=N)c1ccccc1. The summed E-state index contributed by atoms with van der Waals surface area (Å²) in [5.41, 5.74) is 3.29. The summed E-state index contributed by atoms with van der Waals surface area (Å²) in [4.78, 5) is 25.9. The van der Waals surface area contributed by atoms with Gasteiger partial charge in [0.1, 0.15) is 0 Å². The van der Waals surface area contributed by atoms with Crippen LogP contribution in [-0.2, 0) is 9.59 Å². The lowest BCUT2D eigenvalue weighted by Crippen LogP contribution is -2.35. The molecule has 1 amide bonds. The van der Waals surface area contributed by atoms with Crippen LogP contribution in [0.2, 0.25) is 0 Å². The first-order valence-electron chi connectivity index (χ1n) is 10.1. The summed E-state index contributed by atoms with van der Waals surface area (Å²) in [6.07, 6.45) is 2.03. The van der Waals surface area contributed by atoms with Gasteiger partial charge >= 0.3 is 5.97 Å². The van der Waals surface area contributed by atoms with Crippen LogP contribution < -0.4 is 4.90 Å². The molecule has 0 saturated heterocycles. The number of aliphatic carboxylic acids is 1. The number of anilines is 1. The molecular formula is C24H30N2O3. The van der Waals surface area contributed by atoms with Crippen molar-refractivity contribution in [3.05, 3.63) is 65.2 Å². The highest BCUT2D eigenvalue weighted by atomic mass is 16.4. The highest BCUT2D eigenvalue weighted by Crippen LogP contribution is 2.27. The van der Waals surface area contributed by atoms with Gasteiger partial charge in [0.05, 0.1) is 17.8 Å². The van der Waals surface area contributed by atoms with Gasteiger partial charge in [-0.3, -0.25) is 15.0 Å². The number of carbonyl (C=O) groups excluding carboxylic acids is 1. The average Bonchev–Trinajstić information content (AvgIpc) is 2.72. The van der Waals surface area contributed by atoms with E-state index in [1.807, 2.05) is 55.5 Å². The number of nitrogens with zero attached hydrogens (tertiary/aromatic N) is 1. The van der Waals surface area contributed by atoms with Gasteiger partial charge < -0.3 is 10.0 Å². The van der Waals surface area contributed by atoms with Crippen molar-refractivity contribution in [2.45, 2.75) is 46.5 Å². The van der Waals surface area contributed by atoms with Gasteiger partial charge in [-0.05, 0) is 25.0 Å². The van der Waals surface area contributed by atoms with Gasteiger partial charge in [0.25, 0.3) is 0 Å². The van der Waals surface area contributed by atoms with Crippen LogP contribution in [0, 0.1) is 18.3 Å². The second-order valence-electron chi connectivity index (χ2n) is 7.34. The summed E-state index contributed by atoms with van der Waals surface area (Å²) < 4.78 is 0. The molecule has 0 aliphatic heterocycles. The Morgan fingerprint density at radius 2 is 1.72 bits per heavy atom. The van der Waals surface area contributed by atoms with E-state index in [2.05, 4.69) is 13.8 Å². The molecule has 5 heteroatoms. The van der Waals surface area contributed by atoms with Crippen molar-refractivity contribution in [3.8, 4) is 0 Å². The molecule has 2 aromatic carbocycles. The molecule has 0 aliphatic rings. The molecule has 0 heterocycles. The smallest absolute Gasteiger partial charge is 0.305 e. The topological polar surface area (TPSA) is 81.5 Å². The standard InChI is InChI=1S/C24H30N2O3/c1-4-18(5-2)16-22(27)26(14-13-23(28)29)21-12-11-17(3)15-20(21)24(25)19-9-7-6-8-10-19/h6-12,15,18,25H,4-5,13-14,16H2,1-3H3,(H,28,29). The zero-order valence-corrected chi connectivity index (χ0v) is 17.4. The van der Waals surface area contributed by atoms with Crippen molar-refractivity contribution < 1.29 is 14.7 Å². The Bertz CT molecular complexity index is 858. The molecule has 0 bridgehead atoms. The number of hydrogen-bond acceptors (Lipinski definition) is 3. The fourth-order valence-electron chi connectivity index (χ4n) is 3.37. The average molecular weight is 395 g/mol. The van der Waals surface area contributed by atoms with E-state index >= 15 is 0 Å². The van der Waals surface area contributed by atoms with Crippen LogP contribution in [0.4, 0.5) is 5.69 Å². The Labute approximate surface area is 172 Å². The molecule has 0 unspecified atom stereocenters. The summed E-state index contributed by atoms with van der Waals surface area (Å²) in [6.45, 7) is 6.16. The minimum Gasteiger partial charge on any atom is -0.481 e. The molecule has 0 atom stereocenters. The van der Waals surface area contributed by atoms with E-state index in [4.69, 9.17) is 5.41 Å². The Morgan fingerprint density at radius 1 is 1.07 bits per heavy atom. The van der Waals surface area contributed by atoms with Crippen molar-refractivity contribution >= 4 is 23.3 Å². The van der Waals surface area contributed by atoms with Gasteiger partial charge in [-0.15, -0.1) is 0 Å². The quantitative estimate of drug-likeness (QED) is 0.554.